The molecule has 2 fully saturated rings. The van der Waals surface area contributed by atoms with Gasteiger partial charge in [-0.1, -0.05) is 30.3 Å². The molecule has 0 spiro atoms. The smallest absolute Gasteiger partial charge is 0.229 e. The van der Waals surface area contributed by atoms with Crippen molar-refractivity contribution in [2.75, 3.05) is 5.32 Å². The molecule has 2 aliphatic rings. The number of nitrogens with one attached hydrogen (secondary N) is 1. The van der Waals surface area contributed by atoms with Crippen LogP contribution in [0.1, 0.15) is 36.9 Å². The van der Waals surface area contributed by atoms with E-state index >= 15 is 0 Å². The SMILES string of the molecule is O=C(Cc1ccccn1)N(Cc1cccc(-c2ccc3ncnc(NC4CC4)c3c2)c1)C1CC1. The van der Waals surface area contributed by atoms with Crippen LogP contribution in [-0.2, 0) is 17.8 Å². The third kappa shape index (κ3) is 4.62. The molecule has 0 radical (unpaired) electrons. The van der Waals surface area contributed by atoms with Gasteiger partial charge in [0.2, 0.25) is 5.91 Å². The molecular formula is C28H27N5O. The zero-order chi connectivity index (χ0) is 22.9. The van der Waals surface area contributed by atoms with Crippen LogP contribution in [0, 0.1) is 0 Å². The Morgan fingerprint density at radius 1 is 0.912 bits per heavy atom. The molecule has 6 nitrogen and oxygen atoms in total. The van der Waals surface area contributed by atoms with Gasteiger partial charge in [-0.3, -0.25) is 9.78 Å². The Morgan fingerprint density at radius 3 is 2.59 bits per heavy atom. The minimum absolute atomic E-state index is 0.144. The Bertz CT molecular complexity index is 1330. The van der Waals surface area contributed by atoms with E-state index in [0.717, 1.165) is 51.9 Å². The van der Waals surface area contributed by atoms with Crippen molar-refractivity contribution in [3.8, 4) is 11.1 Å². The largest absolute Gasteiger partial charge is 0.367 e. The number of pyridine rings is 1. The number of hydrogen-bond acceptors (Lipinski definition) is 5. The molecule has 0 unspecified atom stereocenters. The number of benzene rings is 2. The molecule has 2 saturated carbocycles. The van der Waals surface area contributed by atoms with Crippen molar-refractivity contribution < 1.29 is 4.79 Å². The number of nitrogens with zero attached hydrogens (tertiary/aromatic N) is 4. The molecule has 4 aromatic rings. The van der Waals surface area contributed by atoms with Crippen LogP contribution in [0.5, 0.6) is 0 Å². The molecule has 1 N–H and O–H groups in total. The summed E-state index contributed by atoms with van der Waals surface area (Å²) in [6, 6.07) is 21.4. The van der Waals surface area contributed by atoms with Crippen LogP contribution in [0.15, 0.2) is 73.2 Å². The third-order valence-corrected chi connectivity index (χ3v) is 6.53. The van der Waals surface area contributed by atoms with Gasteiger partial charge in [-0.05, 0) is 72.7 Å². The lowest BCUT2D eigenvalue weighted by atomic mass is 10.0. The molecule has 6 rings (SSSR count). The van der Waals surface area contributed by atoms with Crippen LogP contribution in [0.25, 0.3) is 22.0 Å². The molecule has 170 valence electrons. The number of rotatable bonds is 8. The summed E-state index contributed by atoms with van der Waals surface area (Å²) in [5, 5.41) is 4.57. The zero-order valence-corrected chi connectivity index (χ0v) is 19.0. The second-order valence-electron chi connectivity index (χ2n) is 9.32. The number of anilines is 1. The van der Waals surface area contributed by atoms with Crippen LogP contribution in [0.4, 0.5) is 5.82 Å². The summed E-state index contributed by atoms with van der Waals surface area (Å²) in [5.74, 6) is 1.05. The van der Waals surface area contributed by atoms with Crippen molar-refractivity contribution in [2.24, 2.45) is 0 Å². The first-order chi connectivity index (χ1) is 16.7. The number of carbonyl (C=O) groups excluding carboxylic acids is 1. The van der Waals surface area contributed by atoms with Gasteiger partial charge in [0.15, 0.2) is 0 Å². The molecule has 2 heterocycles. The lowest BCUT2D eigenvalue weighted by Crippen LogP contribution is -2.34. The fourth-order valence-corrected chi connectivity index (χ4v) is 4.38. The lowest BCUT2D eigenvalue weighted by Gasteiger charge is -2.23. The van der Waals surface area contributed by atoms with Crippen LogP contribution in [0.2, 0.25) is 0 Å². The first-order valence-corrected chi connectivity index (χ1v) is 12.0. The highest BCUT2D eigenvalue weighted by atomic mass is 16.2. The lowest BCUT2D eigenvalue weighted by molar-refractivity contribution is -0.131. The third-order valence-electron chi connectivity index (χ3n) is 6.53. The van der Waals surface area contributed by atoms with E-state index in [9.17, 15) is 4.79 Å². The van der Waals surface area contributed by atoms with Crippen molar-refractivity contribution in [2.45, 2.75) is 50.7 Å². The molecule has 0 bridgehead atoms. The van der Waals surface area contributed by atoms with Crippen molar-refractivity contribution in [3.63, 3.8) is 0 Å². The standard InChI is InChI=1S/C28H27N5O/c34-27(16-23-6-1-2-13-29-23)33(24-10-11-24)17-19-4-3-5-20(14-19)21-7-12-26-25(15-21)28(31-18-30-26)32-22-8-9-22/h1-7,12-15,18,22,24H,8-11,16-17H2,(H,30,31,32). The minimum Gasteiger partial charge on any atom is -0.367 e. The van der Waals surface area contributed by atoms with Crippen molar-refractivity contribution in [1.29, 1.82) is 0 Å². The quantitative estimate of drug-likeness (QED) is 0.410. The number of hydrogen-bond donors (Lipinski definition) is 1. The summed E-state index contributed by atoms with van der Waals surface area (Å²) in [6.45, 7) is 0.620. The average molecular weight is 450 g/mol. The highest BCUT2D eigenvalue weighted by Crippen LogP contribution is 2.32. The first kappa shape index (κ1) is 20.8. The van der Waals surface area contributed by atoms with E-state index < -0.39 is 0 Å². The van der Waals surface area contributed by atoms with Gasteiger partial charge in [0.1, 0.15) is 12.1 Å². The van der Waals surface area contributed by atoms with Crippen LogP contribution < -0.4 is 5.32 Å². The van der Waals surface area contributed by atoms with Gasteiger partial charge in [0, 0.05) is 35.9 Å². The Morgan fingerprint density at radius 2 is 1.79 bits per heavy atom. The molecule has 1 amide bonds. The van der Waals surface area contributed by atoms with E-state index in [0.29, 0.717) is 25.0 Å². The average Bonchev–Trinajstić information content (AvgIpc) is 3.79. The molecule has 0 saturated heterocycles. The maximum atomic E-state index is 13.1. The first-order valence-electron chi connectivity index (χ1n) is 12.0. The maximum absolute atomic E-state index is 13.1. The van der Waals surface area contributed by atoms with E-state index in [-0.39, 0.29) is 5.91 Å². The van der Waals surface area contributed by atoms with Crippen LogP contribution in [-0.4, -0.2) is 37.8 Å². The normalized spacial score (nSPS) is 15.3. The van der Waals surface area contributed by atoms with Gasteiger partial charge in [-0.2, -0.15) is 0 Å². The maximum Gasteiger partial charge on any atom is 0.229 e. The summed E-state index contributed by atoms with van der Waals surface area (Å²) < 4.78 is 0. The van der Waals surface area contributed by atoms with Crippen molar-refractivity contribution >= 4 is 22.6 Å². The van der Waals surface area contributed by atoms with Crippen molar-refractivity contribution in [1.82, 2.24) is 19.9 Å². The molecule has 2 aromatic heterocycles. The predicted octanol–water partition coefficient (Wildman–Crippen LogP) is 5.00. The van der Waals surface area contributed by atoms with Gasteiger partial charge in [-0.25, -0.2) is 9.97 Å². The highest BCUT2D eigenvalue weighted by Gasteiger charge is 2.32. The van der Waals surface area contributed by atoms with Gasteiger partial charge in [-0.15, -0.1) is 0 Å². The number of carbonyl (C=O) groups is 1. The number of aromatic nitrogens is 3. The fraction of sp³-hybridized carbons (Fsp3) is 0.286. The van der Waals surface area contributed by atoms with Crippen LogP contribution in [0.3, 0.4) is 0 Å². The van der Waals surface area contributed by atoms with Crippen molar-refractivity contribution in [3.05, 3.63) is 84.4 Å². The minimum atomic E-state index is 0.144. The Labute approximate surface area is 199 Å². The zero-order valence-electron chi connectivity index (χ0n) is 19.0. The van der Waals surface area contributed by atoms with Gasteiger partial charge in [0.05, 0.1) is 11.9 Å². The second kappa shape index (κ2) is 8.86. The van der Waals surface area contributed by atoms with Crippen LogP contribution >= 0.6 is 0 Å². The topological polar surface area (TPSA) is 71.0 Å². The highest BCUT2D eigenvalue weighted by molar-refractivity contribution is 5.92. The monoisotopic (exact) mass is 449 g/mol. The number of amides is 1. The summed E-state index contributed by atoms with van der Waals surface area (Å²) >= 11 is 0. The summed E-state index contributed by atoms with van der Waals surface area (Å²) in [5.41, 5.74) is 5.16. The molecule has 34 heavy (non-hydrogen) atoms. The van der Waals surface area contributed by atoms with Gasteiger partial charge >= 0.3 is 0 Å². The van der Waals surface area contributed by atoms with E-state index in [1.807, 2.05) is 23.1 Å². The molecule has 2 aromatic carbocycles. The Kier molecular flexibility index (Phi) is 5.41. The molecule has 0 aliphatic heterocycles. The van der Waals surface area contributed by atoms with E-state index in [1.54, 1.807) is 12.5 Å². The van der Waals surface area contributed by atoms with E-state index in [1.165, 1.54) is 12.8 Å². The second-order valence-corrected chi connectivity index (χ2v) is 9.32. The molecule has 6 heteroatoms. The molecular weight excluding hydrogens is 422 g/mol. The van der Waals surface area contributed by atoms with Gasteiger partial charge in [0.25, 0.3) is 0 Å². The molecule has 0 atom stereocenters. The van der Waals surface area contributed by atoms with Gasteiger partial charge < -0.3 is 10.2 Å². The predicted molar refractivity (Wildman–Crippen MR) is 133 cm³/mol. The summed E-state index contributed by atoms with van der Waals surface area (Å²) in [6.07, 6.45) is 8.27. The Balaban J connectivity index is 1.25. The van der Waals surface area contributed by atoms with E-state index in [2.05, 4.69) is 62.7 Å². The summed E-state index contributed by atoms with van der Waals surface area (Å²) in [4.78, 5) is 28.4. The fourth-order valence-electron chi connectivity index (χ4n) is 4.38. The summed E-state index contributed by atoms with van der Waals surface area (Å²) in [7, 11) is 0. The molecule has 2 aliphatic carbocycles. The van der Waals surface area contributed by atoms with E-state index in [4.69, 9.17) is 0 Å². The Hall–Kier alpha value is -3.80. The number of fused-ring (bicyclic) bond motifs is 1.